The first-order valence-electron chi connectivity index (χ1n) is 5.87. The van der Waals surface area contributed by atoms with E-state index >= 15 is 0 Å². The predicted molar refractivity (Wildman–Crippen MR) is 55.7 cm³/mol. The molecular formula is C11H16N2O3. The summed E-state index contributed by atoms with van der Waals surface area (Å²) in [6.45, 7) is 1.34. The molecular weight excluding hydrogens is 208 g/mol. The molecule has 5 heteroatoms. The minimum Gasteiger partial charge on any atom is -0.460 e. The largest absolute Gasteiger partial charge is 0.460 e. The predicted octanol–water partition coefficient (Wildman–Crippen LogP) is 0.448. The van der Waals surface area contributed by atoms with Gasteiger partial charge >= 0.3 is 12.0 Å². The van der Waals surface area contributed by atoms with Crippen LogP contribution in [0.5, 0.6) is 0 Å². The van der Waals surface area contributed by atoms with Crippen LogP contribution in [0.4, 0.5) is 4.79 Å². The van der Waals surface area contributed by atoms with E-state index < -0.39 is 0 Å². The van der Waals surface area contributed by atoms with Gasteiger partial charge in [-0.1, -0.05) is 0 Å². The molecule has 16 heavy (non-hydrogen) atoms. The van der Waals surface area contributed by atoms with E-state index in [9.17, 15) is 9.59 Å². The van der Waals surface area contributed by atoms with Crippen molar-refractivity contribution in [3.05, 3.63) is 0 Å². The number of hydrogen-bond donors (Lipinski definition) is 0. The molecule has 0 aromatic rings. The fourth-order valence-electron chi connectivity index (χ4n) is 2.56. The van der Waals surface area contributed by atoms with Crippen LogP contribution in [0.2, 0.25) is 0 Å². The number of ether oxygens (including phenoxy) is 1. The standard InChI is InChI=1S/C11H16N2O3/c1-12-5-8-4-9(6-13(8)11(12)15)16-10(14)7-2-3-7/h7-9H,2-6H2,1H3/t8-,9+/m0/s1. The number of rotatable bonds is 2. The average molecular weight is 224 g/mol. The van der Waals surface area contributed by atoms with Gasteiger partial charge in [0.1, 0.15) is 6.10 Å². The number of amides is 2. The van der Waals surface area contributed by atoms with Gasteiger partial charge in [0.15, 0.2) is 0 Å². The van der Waals surface area contributed by atoms with Crippen molar-refractivity contribution in [1.29, 1.82) is 0 Å². The van der Waals surface area contributed by atoms with Crippen LogP contribution in [0.1, 0.15) is 19.3 Å². The molecule has 2 heterocycles. The van der Waals surface area contributed by atoms with Crippen LogP contribution in [-0.2, 0) is 9.53 Å². The minimum atomic E-state index is -0.0734. The Labute approximate surface area is 94.3 Å². The molecule has 0 aromatic carbocycles. The van der Waals surface area contributed by atoms with Crippen molar-refractivity contribution in [2.45, 2.75) is 31.4 Å². The Morgan fingerprint density at radius 3 is 2.75 bits per heavy atom. The summed E-state index contributed by atoms with van der Waals surface area (Å²) in [5, 5.41) is 0. The average Bonchev–Trinajstić information content (AvgIpc) is 2.97. The van der Waals surface area contributed by atoms with Crippen molar-refractivity contribution >= 4 is 12.0 Å². The van der Waals surface area contributed by atoms with Crippen molar-refractivity contribution in [1.82, 2.24) is 9.80 Å². The highest BCUT2D eigenvalue weighted by Gasteiger charge is 2.45. The summed E-state index contributed by atoms with van der Waals surface area (Å²) in [5.74, 6) is 0.0841. The van der Waals surface area contributed by atoms with E-state index in [-0.39, 0.29) is 30.1 Å². The van der Waals surface area contributed by atoms with Gasteiger partial charge in [-0.3, -0.25) is 4.79 Å². The molecule has 3 fully saturated rings. The SMILES string of the molecule is CN1C[C@@H]2C[C@@H](OC(=O)C3CC3)CN2C1=O. The maximum Gasteiger partial charge on any atom is 0.320 e. The molecule has 0 N–H and O–H groups in total. The van der Waals surface area contributed by atoms with Crippen molar-refractivity contribution in [3.8, 4) is 0 Å². The van der Waals surface area contributed by atoms with Crippen LogP contribution < -0.4 is 0 Å². The van der Waals surface area contributed by atoms with E-state index in [1.165, 1.54) is 0 Å². The van der Waals surface area contributed by atoms with Crippen LogP contribution in [0.3, 0.4) is 0 Å². The van der Waals surface area contributed by atoms with E-state index in [0.29, 0.717) is 6.54 Å². The van der Waals surface area contributed by atoms with Crippen LogP contribution in [0.15, 0.2) is 0 Å². The fraction of sp³-hybridized carbons (Fsp3) is 0.818. The fourth-order valence-corrected chi connectivity index (χ4v) is 2.56. The lowest BCUT2D eigenvalue weighted by atomic mass is 10.2. The number of carbonyl (C=O) groups excluding carboxylic acids is 2. The summed E-state index contributed by atoms with van der Waals surface area (Å²) in [6, 6.07) is 0.310. The number of fused-ring (bicyclic) bond motifs is 1. The lowest BCUT2D eigenvalue weighted by Crippen LogP contribution is -2.32. The molecule has 5 nitrogen and oxygen atoms in total. The van der Waals surface area contributed by atoms with Gasteiger partial charge in [-0.2, -0.15) is 0 Å². The van der Waals surface area contributed by atoms with Crippen LogP contribution in [0, 0.1) is 5.92 Å². The third-order valence-electron chi connectivity index (χ3n) is 3.63. The molecule has 2 saturated heterocycles. The first-order chi connectivity index (χ1) is 7.65. The van der Waals surface area contributed by atoms with Gasteiger partial charge in [0.25, 0.3) is 0 Å². The third kappa shape index (κ3) is 1.54. The van der Waals surface area contributed by atoms with Gasteiger partial charge < -0.3 is 14.5 Å². The van der Waals surface area contributed by atoms with Gasteiger partial charge in [-0.15, -0.1) is 0 Å². The lowest BCUT2D eigenvalue weighted by molar-refractivity contribution is -0.150. The summed E-state index contributed by atoms with van der Waals surface area (Å²) in [6.07, 6.45) is 2.67. The van der Waals surface area contributed by atoms with Gasteiger partial charge in [0.05, 0.1) is 18.5 Å². The summed E-state index contributed by atoms with van der Waals surface area (Å²) in [4.78, 5) is 26.7. The Balaban J connectivity index is 1.58. The third-order valence-corrected chi connectivity index (χ3v) is 3.63. The Bertz CT molecular complexity index is 340. The molecule has 0 unspecified atom stereocenters. The highest BCUT2D eigenvalue weighted by atomic mass is 16.5. The first kappa shape index (κ1) is 9.93. The molecule has 0 radical (unpaired) electrons. The molecule has 1 aliphatic carbocycles. The molecule has 0 spiro atoms. The van der Waals surface area contributed by atoms with E-state index in [4.69, 9.17) is 4.74 Å². The normalized spacial score (nSPS) is 33.2. The Morgan fingerprint density at radius 1 is 1.38 bits per heavy atom. The van der Waals surface area contributed by atoms with Crippen LogP contribution >= 0.6 is 0 Å². The molecule has 1 saturated carbocycles. The molecule has 0 bridgehead atoms. The number of likely N-dealkylation sites (N-methyl/N-ethyl adjacent to an activating group) is 1. The minimum absolute atomic E-state index is 0.0630. The Hall–Kier alpha value is -1.26. The van der Waals surface area contributed by atoms with Gasteiger partial charge in [-0.25, -0.2) is 4.79 Å². The second kappa shape index (κ2) is 3.37. The lowest BCUT2D eigenvalue weighted by Gasteiger charge is -2.16. The van der Waals surface area contributed by atoms with E-state index in [0.717, 1.165) is 25.8 Å². The topological polar surface area (TPSA) is 49.9 Å². The monoisotopic (exact) mass is 224 g/mol. The van der Waals surface area contributed by atoms with Crippen molar-refractivity contribution in [2.24, 2.45) is 5.92 Å². The maximum atomic E-state index is 11.7. The van der Waals surface area contributed by atoms with Crippen LogP contribution in [-0.4, -0.2) is 54.1 Å². The number of nitrogens with zero attached hydrogens (tertiary/aromatic N) is 2. The maximum absolute atomic E-state index is 11.7. The first-order valence-corrected chi connectivity index (χ1v) is 5.87. The number of urea groups is 1. The van der Waals surface area contributed by atoms with Crippen molar-refractivity contribution in [2.75, 3.05) is 20.1 Å². The van der Waals surface area contributed by atoms with E-state index in [1.807, 2.05) is 11.9 Å². The molecule has 2 atom stereocenters. The van der Waals surface area contributed by atoms with E-state index in [1.54, 1.807) is 4.90 Å². The van der Waals surface area contributed by atoms with Gasteiger partial charge in [-0.05, 0) is 12.8 Å². The summed E-state index contributed by atoms with van der Waals surface area (Å²) in [5.41, 5.74) is 0. The molecule has 0 aromatic heterocycles. The number of hydrogen-bond acceptors (Lipinski definition) is 3. The smallest absolute Gasteiger partial charge is 0.320 e. The van der Waals surface area contributed by atoms with Gasteiger partial charge in [0, 0.05) is 20.0 Å². The molecule has 3 rings (SSSR count). The summed E-state index contributed by atoms with van der Waals surface area (Å²) >= 11 is 0. The molecule has 2 aliphatic heterocycles. The molecule has 2 amide bonds. The van der Waals surface area contributed by atoms with Crippen molar-refractivity contribution < 1.29 is 14.3 Å². The van der Waals surface area contributed by atoms with Gasteiger partial charge in [0.2, 0.25) is 0 Å². The molecule has 88 valence electrons. The van der Waals surface area contributed by atoms with Crippen LogP contribution in [0.25, 0.3) is 0 Å². The highest BCUT2D eigenvalue weighted by Crippen LogP contribution is 2.33. The summed E-state index contributed by atoms with van der Waals surface area (Å²) in [7, 11) is 1.81. The summed E-state index contributed by atoms with van der Waals surface area (Å²) < 4.78 is 5.40. The zero-order valence-electron chi connectivity index (χ0n) is 9.39. The number of carbonyl (C=O) groups is 2. The molecule has 3 aliphatic rings. The second-order valence-corrected chi connectivity index (χ2v) is 5.04. The zero-order valence-corrected chi connectivity index (χ0v) is 9.39. The number of esters is 1. The Kier molecular flexibility index (Phi) is 2.09. The van der Waals surface area contributed by atoms with E-state index in [2.05, 4.69) is 0 Å². The quantitative estimate of drug-likeness (QED) is 0.640. The van der Waals surface area contributed by atoms with Crippen molar-refractivity contribution in [3.63, 3.8) is 0 Å². The zero-order chi connectivity index (χ0) is 11.3. The second-order valence-electron chi connectivity index (χ2n) is 5.04. The highest BCUT2D eigenvalue weighted by molar-refractivity contribution is 5.78. The Morgan fingerprint density at radius 2 is 2.12 bits per heavy atom.